The molecule has 2 rings (SSSR count). The van der Waals surface area contributed by atoms with Gasteiger partial charge in [0.25, 0.3) is 0 Å². The summed E-state index contributed by atoms with van der Waals surface area (Å²) < 4.78 is 17.7. The molecule has 0 aliphatic rings. The highest BCUT2D eigenvalue weighted by atomic mass is 32.2. The molecule has 0 bridgehead atoms. The SMILES string of the molecule is CCOc1ccc2nc(NC(C)CCS(C)=O)sc2c1. The third-order valence-corrected chi connectivity index (χ3v) is 4.64. The molecule has 0 saturated heterocycles. The summed E-state index contributed by atoms with van der Waals surface area (Å²) in [6.07, 6.45) is 2.61. The number of benzene rings is 1. The van der Waals surface area contributed by atoms with E-state index in [1.54, 1.807) is 17.6 Å². The second-order valence-electron chi connectivity index (χ2n) is 4.69. The van der Waals surface area contributed by atoms with Gasteiger partial charge in [0.05, 0.1) is 16.8 Å². The van der Waals surface area contributed by atoms with E-state index in [0.29, 0.717) is 12.4 Å². The van der Waals surface area contributed by atoms with Crippen molar-refractivity contribution in [3.05, 3.63) is 18.2 Å². The highest BCUT2D eigenvalue weighted by Crippen LogP contribution is 2.29. The van der Waals surface area contributed by atoms with E-state index in [1.807, 2.05) is 25.1 Å². The van der Waals surface area contributed by atoms with E-state index in [9.17, 15) is 4.21 Å². The Balaban J connectivity index is 2.05. The highest BCUT2D eigenvalue weighted by molar-refractivity contribution is 7.84. The van der Waals surface area contributed by atoms with Crippen molar-refractivity contribution in [2.45, 2.75) is 26.3 Å². The average molecular weight is 312 g/mol. The maximum absolute atomic E-state index is 11.1. The highest BCUT2D eigenvalue weighted by Gasteiger charge is 2.08. The van der Waals surface area contributed by atoms with Crippen LogP contribution in [0.1, 0.15) is 20.3 Å². The minimum absolute atomic E-state index is 0.269. The lowest BCUT2D eigenvalue weighted by molar-refractivity contribution is 0.341. The lowest BCUT2D eigenvalue weighted by atomic mass is 10.3. The number of rotatable bonds is 7. The molecule has 2 unspecified atom stereocenters. The molecule has 0 radical (unpaired) electrons. The van der Waals surface area contributed by atoms with Crippen LogP contribution in [-0.4, -0.2) is 33.9 Å². The van der Waals surface area contributed by atoms with Crippen LogP contribution in [0, 0.1) is 0 Å². The molecule has 4 nitrogen and oxygen atoms in total. The Kier molecular flexibility index (Phi) is 5.37. The molecule has 1 heterocycles. The van der Waals surface area contributed by atoms with Crippen LogP contribution < -0.4 is 10.1 Å². The molecular formula is C14H20N2O2S2. The summed E-state index contributed by atoms with van der Waals surface area (Å²) in [5.41, 5.74) is 0.979. The summed E-state index contributed by atoms with van der Waals surface area (Å²) >= 11 is 1.62. The average Bonchev–Trinajstić information content (AvgIpc) is 2.78. The Morgan fingerprint density at radius 3 is 3.00 bits per heavy atom. The fourth-order valence-corrected chi connectivity index (χ4v) is 3.54. The van der Waals surface area contributed by atoms with Crippen molar-refractivity contribution in [2.24, 2.45) is 0 Å². The third kappa shape index (κ3) is 4.18. The van der Waals surface area contributed by atoms with Gasteiger partial charge in [0, 0.05) is 28.9 Å². The number of nitrogens with one attached hydrogen (secondary N) is 1. The zero-order chi connectivity index (χ0) is 14.5. The lowest BCUT2D eigenvalue weighted by Crippen LogP contribution is -2.17. The Morgan fingerprint density at radius 1 is 1.50 bits per heavy atom. The second kappa shape index (κ2) is 7.04. The number of nitrogens with zero attached hydrogens (tertiary/aromatic N) is 1. The number of ether oxygens (including phenoxy) is 1. The van der Waals surface area contributed by atoms with Crippen LogP contribution in [0.4, 0.5) is 5.13 Å². The van der Waals surface area contributed by atoms with Crippen LogP contribution in [0.3, 0.4) is 0 Å². The quantitative estimate of drug-likeness (QED) is 0.852. The van der Waals surface area contributed by atoms with E-state index in [4.69, 9.17) is 4.74 Å². The summed E-state index contributed by atoms with van der Waals surface area (Å²) in [4.78, 5) is 4.56. The zero-order valence-corrected chi connectivity index (χ0v) is 13.6. The van der Waals surface area contributed by atoms with Crippen molar-refractivity contribution in [1.82, 2.24) is 4.98 Å². The van der Waals surface area contributed by atoms with Crippen molar-refractivity contribution in [3.8, 4) is 5.75 Å². The molecule has 0 aliphatic carbocycles. The minimum Gasteiger partial charge on any atom is -0.494 e. The summed E-state index contributed by atoms with van der Waals surface area (Å²) in [6, 6.07) is 6.21. The molecular weight excluding hydrogens is 292 g/mol. The molecule has 0 aliphatic heterocycles. The number of anilines is 1. The zero-order valence-electron chi connectivity index (χ0n) is 12.0. The largest absolute Gasteiger partial charge is 0.494 e. The molecule has 1 aromatic carbocycles. The minimum atomic E-state index is -0.738. The number of aromatic nitrogens is 1. The topological polar surface area (TPSA) is 51.2 Å². The number of thiazole rings is 1. The predicted molar refractivity (Wildman–Crippen MR) is 87.4 cm³/mol. The van der Waals surface area contributed by atoms with Crippen LogP contribution in [0.2, 0.25) is 0 Å². The van der Waals surface area contributed by atoms with E-state index in [2.05, 4.69) is 17.2 Å². The van der Waals surface area contributed by atoms with E-state index in [-0.39, 0.29) is 6.04 Å². The molecule has 2 aromatic rings. The smallest absolute Gasteiger partial charge is 0.184 e. The Hall–Kier alpha value is -1.14. The van der Waals surface area contributed by atoms with Crippen LogP contribution in [0.5, 0.6) is 5.75 Å². The van der Waals surface area contributed by atoms with E-state index < -0.39 is 10.8 Å². The van der Waals surface area contributed by atoms with Crippen molar-refractivity contribution in [3.63, 3.8) is 0 Å². The standard InChI is InChI=1S/C14H20N2O2S2/c1-4-18-11-5-6-12-13(9-11)19-14(16-12)15-10(2)7-8-20(3)17/h5-6,9-10H,4,7-8H2,1-3H3,(H,15,16). The third-order valence-electron chi connectivity index (χ3n) is 2.88. The van der Waals surface area contributed by atoms with Crippen molar-refractivity contribution in [1.29, 1.82) is 0 Å². The molecule has 2 atom stereocenters. The fraction of sp³-hybridized carbons (Fsp3) is 0.500. The van der Waals surface area contributed by atoms with E-state index in [0.717, 1.165) is 27.5 Å². The molecule has 1 aromatic heterocycles. The summed E-state index contributed by atoms with van der Waals surface area (Å²) in [6.45, 7) is 4.73. The number of hydrogen-bond donors (Lipinski definition) is 1. The molecule has 0 fully saturated rings. The molecule has 0 saturated carbocycles. The van der Waals surface area contributed by atoms with E-state index >= 15 is 0 Å². The first-order chi connectivity index (χ1) is 9.58. The Bertz CT molecular complexity index is 598. The van der Waals surface area contributed by atoms with Gasteiger partial charge in [0.15, 0.2) is 5.13 Å². The van der Waals surface area contributed by atoms with Gasteiger partial charge in [-0.2, -0.15) is 0 Å². The number of fused-ring (bicyclic) bond motifs is 1. The summed E-state index contributed by atoms with van der Waals surface area (Å²) in [7, 11) is -0.738. The molecule has 1 N–H and O–H groups in total. The Morgan fingerprint density at radius 2 is 2.30 bits per heavy atom. The van der Waals surface area contributed by atoms with Crippen LogP contribution in [0.15, 0.2) is 18.2 Å². The van der Waals surface area contributed by atoms with Crippen molar-refractivity contribution >= 4 is 37.5 Å². The molecule has 110 valence electrons. The monoisotopic (exact) mass is 312 g/mol. The van der Waals surface area contributed by atoms with Gasteiger partial charge in [0.1, 0.15) is 5.75 Å². The van der Waals surface area contributed by atoms with Gasteiger partial charge in [-0.1, -0.05) is 11.3 Å². The molecule has 6 heteroatoms. The second-order valence-corrected chi connectivity index (χ2v) is 7.28. The maximum atomic E-state index is 11.1. The lowest BCUT2D eigenvalue weighted by Gasteiger charge is -2.11. The normalized spacial score (nSPS) is 14.2. The first-order valence-electron chi connectivity index (χ1n) is 6.68. The predicted octanol–water partition coefficient (Wildman–Crippen LogP) is 3.26. The summed E-state index contributed by atoms with van der Waals surface area (Å²) in [5.74, 6) is 1.60. The van der Waals surface area contributed by atoms with E-state index in [1.165, 1.54) is 0 Å². The van der Waals surface area contributed by atoms with Crippen LogP contribution in [-0.2, 0) is 10.8 Å². The van der Waals surface area contributed by atoms with Gasteiger partial charge >= 0.3 is 0 Å². The van der Waals surface area contributed by atoms with Gasteiger partial charge in [-0.25, -0.2) is 4.98 Å². The fourth-order valence-electron chi connectivity index (χ4n) is 1.85. The van der Waals surface area contributed by atoms with Crippen LogP contribution in [0.25, 0.3) is 10.2 Å². The van der Waals surface area contributed by atoms with Gasteiger partial charge in [-0.15, -0.1) is 0 Å². The number of hydrogen-bond acceptors (Lipinski definition) is 5. The summed E-state index contributed by atoms with van der Waals surface area (Å²) in [5, 5.41) is 4.28. The molecule has 0 spiro atoms. The Labute approximate surface area is 126 Å². The first-order valence-corrected chi connectivity index (χ1v) is 9.22. The van der Waals surface area contributed by atoms with Crippen LogP contribution >= 0.6 is 11.3 Å². The van der Waals surface area contributed by atoms with Gasteiger partial charge in [-0.3, -0.25) is 4.21 Å². The van der Waals surface area contributed by atoms with Gasteiger partial charge in [0.2, 0.25) is 0 Å². The van der Waals surface area contributed by atoms with Crippen molar-refractivity contribution < 1.29 is 8.95 Å². The van der Waals surface area contributed by atoms with Gasteiger partial charge < -0.3 is 10.1 Å². The molecule has 20 heavy (non-hydrogen) atoms. The van der Waals surface area contributed by atoms with Crippen molar-refractivity contribution in [2.75, 3.05) is 23.9 Å². The van der Waals surface area contributed by atoms with Gasteiger partial charge in [-0.05, 0) is 38.5 Å². The maximum Gasteiger partial charge on any atom is 0.184 e. The molecule has 0 amide bonds. The first kappa shape index (κ1) is 15.3.